The van der Waals surface area contributed by atoms with Gasteiger partial charge in [-0.25, -0.2) is 9.59 Å². The van der Waals surface area contributed by atoms with Crippen LogP contribution in [-0.4, -0.2) is 52.1 Å². The molecule has 8 nitrogen and oxygen atoms in total. The van der Waals surface area contributed by atoms with E-state index < -0.39 is 39.3 Å². The minimum Gasteiger partial charge on any atom is -0.422 e. The van der Waals surface area contributed by atoms with Crippen LogP contribution in [0.1, 0.15) is 41.5 Å². The zero-order chi connectivity index (χ0) is 20.1. The summed E-state index contributed by atoms with van der Waals surface area (Å²) in [6.07, 6.45) is 0.715. The monoisotopic (exact) mass is 394 g/mol. The zero-order valence-electron chi connectivity index (χ0n) is 15.2. The van der Waals surface area contributed by atoms with Crippen molar-refractivity contribution in [3.05, 3.63) is 0 Å². The van der Waals surface area contributed by atoms with Gasteiger partial charge in [0.15, 0.2) is 0 Å². The van der Waals surface area contributed by atoms with E-state index in [-0.39, 0.29) is 0 Å². The van der Waals surface area contributed by atoms with E-state index in [1.807, 2.05) is 0 Å². The molecule has 0 rings (SSSR count). The van der Waals surface area contributed by atoms with Gasteiger partial charge in [-0.05, 0) is 27.7 Å². The number of esters is 2. The Balaban J connectivity index is 5.18. The average molecular weight is 395 g/mol. The number of ether oxygens (including phenoxy) is 2. The Kier molecular flexibility index (Phi) is 8.29. The topological polar surface area (TPSA) is 111 Å². The molecule has 0 bridgehead atoms. The van der Waals surface area contributed by atoms with E-state index >= 15 is 0 Å². The summed E-state index contributed by atoms with van der Waals surface area (Å²) in [6.45, 7) is 9.18. The fourth-order valence-electron chi connectivity index (χ4n) is 1.88. The lowest BCUT2D eigenvalue weighted by atomic mass is 10.0. The molecule has 0 aromatic heterocycles. The van der Waals surface area contributed by atoms with Gasteiger partial charge >= 0.3 is 11.9 Å². The van der Waals surface area contributed by atoms with Gasteiger partial charge in [0.2, 0.25) is 12.8 Å². The maximum absolute atomic E-state index is 12.3. The summed E-state index contributed by atoms with van der Waals surface area (Å²) < 4.78 is 8.57. The highest BCUT2D eigenvalue weighted by Gasteiger charge is 2.41. The number of hydrogen-bond donors (Lipinski definition) is 4. The Morgan fingerprint density at radius 1 is 0.800 bits per heavy atom. The molecule has 0 radical (unpaired) electrons. The molecule has 0 aromatic carbocycles. The number of nitrogens with one attached hydrogen (secondary N) is 2. The number of carbonyl (C=O) groups excluding carboxylic acids is 4. The molecule has 2 amide bonds. The van der Waals surface area contributed by atoms with Gasteiger partial charge in [0, 0.05) is 23.3 Å². The van der Waals surface area contributed by atoms with Gasteiger partial charge in [0.1, 0.15) is 12.1 Å². The second-order valence-electron chi connectivity index (χ2n) is 6.98. The number of hydrogen-bond acceptors (Lipinski definition) is 8. The summed E-state index contributed by atoms with van der Waals surface area (Å²) in [4.78, 5) is 46.0. The minimum absolute atomic E-state index is 0.358. The summed E-state index contributed by atoms with van der Waals surface area (Å²) in [5.41, 5.74) is 0. The van der Waals surface area contributed by atoms with E-state index in [2.05, 4.69) is 35.9 Å². The van der Waals surface area contributed by atoms with Gasteiger partial charge in [-0.2, -0.15) is 25.3 Å². The number of thiol groups is 2. The molecule has 2 N–H and O–H groups in total. The average Bonchev–Trinajstić information content (AvgIpc) is 2.37. The molecule has 0 unspecified atom stereocenters. The summed E-state index contributed by atoms with van der Waals surface area (Å²) in [7, 11) is 0. The molecule has 10 heteroatoms. The first-order chi connectivity index (χ1) is 11.2. The first kappa shape index (κ1) is 23.6. The largest absolute Gasteiger partial charge is 0.422 e. The van der Waals surface area contributed by atoms with E-state index in [1.165, 1.54) is 13.8 Å². The van der Waals surface area contributed by atoms with Crippen molar-refractivity contribution in [3.8, 4) is 0 Å². The second kappa shape index (κ2) is 8.79. The lowest BCUT2D eigenvalue weighted by molar-refractivity contribution is -0.219. The van der Waals surface area contributed by atoms with E-state index in [1.54, 1.807) is 27.7 Å². The maximum Gasteiger partial charge on any atom is 0.333 e. The molecule has 0 aliphatic rings. The van der Waals surface area contributed by atoms with Crippen molar-refractivity contribution in [2.45, 2.75) is 68.9 Å². The molecule has 144 valence electrons. The molecular formula is C15H26N2O6S2. The lowest BCUT2D eigenvalue weighted by Gasteiger charge is -2.34. The standard InChI is InChI=1S/C15H26N2O6S2/c1-13(2,24)9(16-7-18)11(20)22-15(5,6)23-12(21)10(17-8-19)14(3,4)25/h7-10,24-25H,1-6H3,(H,16,18)(H,17,19)/t9-,10-/m1/s1. The van der Waals surface area contributed by atoms with Crippen molar-refractivity contribution in [1.82, 2.24) is 10.6 Å². The third-order valence-electron chi connectivity index (χ3n) is 3.05. The summed E-state index contributed by atoms with van der Waals surface area (Å²) in [5, 5.41) is 4.65. The molecule has 25 heavy (non-hydrogen) atoms. The van der Waals surface area contributed by atoms with Gasteiger partial charge in [0.05, 0.1) is 0 Å². The van der Waals surface area contributed by atoms with Crippen LogP contribution < -0.4 is 10.6 Å². The van der Waals surface area contributed by atoms with Crippen molar-refractivity contribution in [1.29, 1.82) is 0 Å². The second-order valence-corrected chi connectivity index (χ2v) is 9.29. The molecule has 0 aliphatic carbocycles. The molecule has 0 fully saturated rings. The molecule has 0 aromatic rings. The van der Waals surface area contributed by atoms with Crippen molar-refractivity contribution < 1.29 is 28.7 Å². The number of carbonyl (C=O) groups is 4. The first-order valence-corrected chi connectivity index (χ1v) is 8.35. The molecule has 0 aliphatic heterocycles. The van der Waals surface area contributed by atoms with Gasteiger partial charge in [-0.15, -0.1) is 0 Å². The Morgan fingerprint density at radius 2 is 1.08 bits per heavy atom. The van der Waals surface area contributed by atoms with Gasteiger partial charge in [-0.1, -0.05) is 0 Å². The zero-order valence-corrected chi connectivity index (χ0v) is 16.9. The smallest absolute Gasteiger partial charge is 0.333 e. The first-order valence-electron chi connectivity index (χ1n) is 7.45. The molecule has 0 spiro atoms. The molecule has 0 saturated carbocycles. The van der Waals surface area contributed by atoms with Crippen LogP contribution in [0.5, 0.6) is 0 Å². The van der Waals surface area contributed by atoms with Crippen LogP contribution in [0.3, 0.4) is 0 Å². The maximum atomic E-state index is 12.3. The molecule has 0 saturated heterocycles. The third kappa shape index (κ3) is 8.00. The predicted octanol–water partition coefficient (Wildman–Crippen LogP) is 0.455. The van der Waals surface area contributed by atoms with Crippen LogP contribution in [-0.2, 0) is 28.7 Å². The fraction of sp³-hybridized carbons (Fsp3) is 0.733. The molecule has 0 heterocycles. The SMILES string of the molecule is CC(C)(OC(=O)[C@@H](NC=O)C(C)(C)S)OC(=O)[C@@H](NC=O)C(C)(C)S. The molecule has 2 atom stereocenters. The van der Waals surface area contributed by atoms with Crippen LogP contribution >= 0.6 is 25.3 Å². The summed E-state index contributed by atoms with van der Waals surface area (Å²) in [6, 6.07) is -2.12. The van der Waals surface area contributed by atoms with Gasteiger partial charge < -0.3 is 20.1 Å². The number of rotatable bonds is 10. The highest BCUT2D eigenvalue weighted by Crippen LogP contribution is 2.24. The van der Waals surface area contributed by atoms with E-state index in [0.29, 0.717) is 12.8 Å². The van der Waals surface area contributed by atoms with Crippen LogP contribution in [0.25, 0.3) is 0 Å². The lowest BCUT2D eigenvalue weighted by Crippen LogP contribution is -2.54. The normalized spacial score (nSPS) is 14.7. The quantitative estimate of drug-likeness (QED) is 0.185. The van der Waals surface area contributed by atoms with Crippen molar-refractivity contribution in [3.63, 3.8) is 0 Å². The van der Waals surface area contributed by atoms with Crippen LogP contribution in [0.2, 0.25) is 0 Å². The van der Waals surface area contributed by atoms with Gasteiger partial charge in [-0.3, -0.25) is 9.59 Å². The fourth-order valence-corrected chi connectivity index (χ4v) is 2.24. The Bertz CT molecular complexity index is 467. The third-order valence-corrected chi connectivity index (χ3v) is 3.56. The van der Waals surface area contributed by atoms with E-state index in [0.717, 1.165) is 0 Å². The highest BCUT2D eigenvalue weighted by atomic mass is 32.1. The van der Waals surface area contributed by atoms with Crippen LogP contribution in [0.4, 0.5) is 0 Å². The minimum atomic E-state index is -1.64. The summed E-state index contributed by atoms with van der Waals surface area (Å²) >= 11 is 8.50. The molecular weight excluding hydrogens is 368 g/mol. The van der Waals surface area contributed by atoms with Crippen LogP contribution in [0, 0.1) is 0 Å². The Labute approximate surface area is 158 Å². The van der Waals surface area contributed by atoms with E-state index in [9.17, 15) is 19.2 Å². The van der Waals surface area contributed by atoms with E-state index in [4.69, 9.17) is 9.47 Å². The van der Waals surface area contributed by atoms with Crippen molar-refractivity contribution in [2.75, 3.05) is 0 Å². The Morgan fingerprint density at radius 3 is 1.28 bits per heavy atom. The van der Waals surface area contributed by atoms with Crippen molar-refractivity contribution in [2.24, 2.45) is 0 Å². The summed E-state index contributed by atoms with van der Waals surface area (Å²) in [5.74, 6) is -3.29. The van der Waals surface area contributed by atoms with Crippen molar-refractivity contribution >= 4 is 50.0 Å². The Hall–Kier alpha value is -1.42. The number of amides is 2. The van der Waals surface area contributed by atoms with Crippen LogP contribution in [0.15, 0.2) is 0 Å². The highest BCUT2D eigenvalue weighted by molar-refractivity contribution is 7.82. The predicted molar refractivity (Wildman–Crippen MR) is 98.4 cm³/mol. The van der Waals surface area contributed by atoms with Gasteiger partial charge in [0.25, 0.3) is 5.79 Å².